The molecular weight excluding hydrogens is 346 g/mol. The Bertz CT molecular complexity index is 745. The van der Waals surface area contributed by atoms with Crippen molar-refractivity contribution in [3.8, 4) is 0 Å². The predicted octanol–water partition coefficient (Wildman–Crippen LogP) is 2.27. The van der Waals surface area contributed by atoms with Crippen LogP contribution in [0.5, 0.6) is 0 Å². The van der Waals surface area contributed by atoms with E-state index in [1.807, 2.05) is 14.1 Å². The highest BCUT2D eigenvalue weighted by Crippen LogP contribution is 2.12. The van der Waals surface area contributed by atoms with E-state index in [0.29, 0.717) is 29.4 Å². The first-order valence-corrected chi connectivity index (χ1v) is 8.78. The monoisotopic (exact) mass is 371 g/mol. The molecule has 0 aliphatic rings. The Morgan fingerprint density at radius 1 is 1.07 bits per heavy atom. The molecule has 8 heteroatoms. The molecule has 1 amide bonds. The third kappa shape index (κ3) is 6.67. The second-order valence-corrected chi connectivity index (χ2v) is 6.13. The standard InChI is InChI=1S/C19H25N5O3/c1-4-27-18(26)14-6-8-16(9-7-14)23-17(25)15-12-21-19(22-13-15)20-10-5-11-24(2)3/h6-9,12-13H,4-5,10-11H2,1-3H3,(H,23,25)(H,20,21,22). The maximum Gasteiger partial charge on any atom is 0.338 e. The van der Waals surface area contributed by atoms with Gasteiger partial charge in [-0.05, 0) is 58.3 Å². The van der Waals surface area contributed by atoms with Gasteiger partial charge in [0.2, 0.25) is 5.95 Å². The van der Waals surface area contributed by atoms with Crippen molar-refractivity contribution in [2.24, 2.45) is 0 Å². The minimum absolute atomic E-state index is 0.317. The summed E-state index contributed by atoms with van der Waals surface area (Å²) in [5.74, 6) is -0.223. The van der Waals surface area contributed by atoms with Crippen LogP contribution in [0.4, 0.5) is 11.6 Å². The number of nitrogens with one attached hydrogen (secondary N) is 2. The molecule has 0 bridgehead atoms. The summed E-state index contributed by atoms with van der Waals surface area (Å²) in [6.45, 7) is 3.80. The average molecular weight is 371 g/mol. The van der Waals surface area contributed by atoms with Gasteiger partial charge in [0.05, 0.1) is 17.7 Å². The van der Waals surface area contributed by atoms with Crippen LogP contribution in [0, 0.1) is 0 Å². The number of ether oxygens (including phenoxy) is 1. The first-order valence-electron chi connectivity index (χ1n) is 8.78. The number of anilines is 2. The van der Waals surface area contributed by atoms with Gasteiger partial charge in [0, 0.05) is 24.6 Å². The molecule has 0 aliphatic heterocycles. The lowest BCUT2D eigenvalue weighted by molar-refractivity contribution is 0.0526. The fraction of sp³-hybridized carbons (Fsp3) is 0.368. The second-order valence-electron chi connectivity index (χ2n) is 6.13. The summed E-state index contributed by atoms with van der Waals surface area (Å²) in [5.41, 5.74) is 1.35. The number of hydrogen-bond acceptors (Lipinski definition) is 7. The number of benzene rings is 1. The normalized spacial score (nSPS) is 10.5. The number of hydrogen-bond donors (Lipinski definition) is 2. The van der Waals surface area contributed by atoms with E-state index in [9.17, 15) is 9.59 Å². The van der Waals surface area contributed by atoms with Crippen molar-refractivity contribution in [1.82, 2.24) is 14.9 Å². The summed E-state index contributed by atoms with van der Waals surface area (Å²) in [7, 11) is 4.04. The fourth-order valence-corrected chi connectivity index (χ4v) is 2.24. The summed E-state index contributed by atoms with van der Waals surface area (Å²) in [4.78, 5) is 34.3. The molecule has 0 saturated carbocycles. The van der Waals surface area contributed by atoms with E-state index in [-0.39, 0.29) is 5.91 Å². The van der Waals surface area contributed by atoms with Crippen LogP contribution in [0.2, 0.25) is 0 Å². The zero-order valence-corrected chi connectivity index (χ0v) is 15.9. The molecule has 1 aromatic carbocycles. The van der Waals surface area contributed by atoms with Crippen molar-refractivity contribution in [3.63, 3.8) is 0 Å². The maximum absolute atomic E-state index is 12.3. The Labute approximate surface area is 159 Å². The van der Waals surface area contributed by atoms with Gasteiger partial charge in [0.25, 0.3) is 5.91 Å². The van der Waals surface area contributed by atoms with E-state index >= 15 is 0 Å². The van der Waals surface area contributed by atoms with Crippen LogP contribution in [0.25, 0.3) is 0 Å². The van der Waals surface area contributed by atoms with Gasteiger partial charge < -0.3 is 20.3 Å². The van der Waals surface area contributed by atoms with Crippen molar-refractivity contribution >= 4 is 23.5 Å². The minimum atomic E-state index is -0.391. The molecule has 1 heterocycles. The molecule has 0 fully saturated rings. The van der Waals surface area contributed by atoms with Crippen molar-refractivity contribution in [2.75, 3.05) is 44.4 Å². The van der Waals surface area contributed by atoms with Crippen molar-refractivity contribution in [1.29, 1.82) is 0 Å². The smallest absolute Gasteiger partial charge is 0.338 e. The Balaban J connectivity index is 1.87. The molecule has 2 rings (SSSR count). The highest BCUT2D eigenvalue weighted by atomic mass is 16.5. The summed E-state index contributed by atoms with van der Waals surface area (Å²) >= 11 is 0. The van der Waals surface area contributed by atoms with Crippen molar-refractivity contribution < 1.29 is 14.3 Å². The van der Waals surface area contributed by atoms with Crippen LogP contribution in [0.15, 0.2) is 36.7 Å². The first kappa shape index (κ1) is 20.3. The number of rotatable bonds is 9. The SMILES string of the molecule is CCOC(=O)c1ccc(NC(=O)c2cnc(NCCCN(C)C)nc2)cc1. The van der Waals surface area contributed by atoms with E-state index in [2.05, 4.69) is 25.5 Å². The van der Waals surface area contributed by atoms with Crippen LogP contribution in [-0.2, 0) is 4.74 Å². The predicted molar refractivity (Wildman–Crippen MR) is 104 cm³/mol. The first-order chi connectivity index (χ1) is 13.0. The summed E-state index contributed by atoms with van der Waals surface area (Å²) in [5, 5.41) is 5.86. The van der Waals surface area contributed by atoms with Gasteiger partial charge in [-0.15, -0.1) is 0 Å². The Kier molecular flexibility index (Phi) is 7.69. The third-order valence-corrected chi connectivity index (χ3v) is 3.63. The van der Waals surface area contributed by atoms with Gasteiger partial charge in [0.1, 0.15) is 0 Å². The molecule has 27 heavy (non-hydrogen) atoms. The van der Waals surface area contributed by atoms with Crippen LogP contribution in [-0.4, -0.2) is 60.5 Å². The van der Waals surface area contributed by atoms with E-state index in [4.69, 9.17) is 4.74 Å². The van der Waals surface area contributed by atoms with Crippen LogP contribution >= 0.6 is 0 Å². The van der Waals surface area contributed by atoms with Gasteiger partial charge in [-0.3, -0.25) is 4.79 Å². The molecule has 144 valence electrons. The van der Waals surface area contributed by atoms with E-state index in [1.54, 1.807) is 31.2 Å². The maximum atomic E-state index is 12.3. The lowest BCUT2D eigenvalue weighted by Crippen LogP contribution is -2.17. The molecule has 0 spiro atoms. The molecular formula is C19H25N5O3. The Morgan fingerprint density at radius 2 is 1.74 bits per heavy atom. The lowest BCUT2D eigenvalue weighted by atomic mass is 10.2. The number of amides is 1. The molecule has 0 atom stereocenters. The van der Waals surface area contributed by atoms with Gasteiger partial charge >= 0.3 is 5.97 Å². The summed E-state index contributed by atoms with van der Waals surface area (Å²) in [6.07, 6.45) is 3.92. The van der Waals surface area contributed by atoms with Gasteiger partial charge in [-0.1, -0.05) is 0 Å². The number of aromatic nitrogens is 2. The van der Waals surface area contributed by atoms with Crippen LogP contribution in [0.1, 0.15) is 34.1 Å². The quantitative estimate of drug-likeness (QED) is 0.515. The summed E-state index contributed by atoms with van der Waals surface area (Å²) < 4.78 is 4.92. The average Bonchev–Trinajstić information content (AvgIpc) is 2.66. The number of nitrogens with zero attached hydrogens (tertiary/aromatic N) is 3. The van der Waals surface area contributed by atoms with Crippen LogP contribution < -0.4 is 10.6 Å². The Hall–Kier alpha value is -3.00. The van der Waals surface area contributed by atoms with E-state index in [1.165, 1.54) is 12.4 Å². The molecule has 0 aliphatic carbocycles. The topological polar surface area (TPSA) is 96.4 Å². The fourth-order valence-electron chi connectivity index (χ4n) is 2.24. The largest absolute Gasteiger partial charge is 0.462 e. The number of carbonyl (C=O) groups is 2. The molecule has 8 nitrogen and oxygen atoms in total. The highest BCUT2D eigenvalue weighted by molar-refractivity contribution is 6.04. The summed E-state index contributed by atoms with van der Waals surface area (Å²) in [6, 6.07) is 6.49. The molecule has 2 N–H and O–H groups in total. The molecule has 2 aromatic rings. The third-order valence-electron chi connectivity index (χ3n) is 3.63. The van der Waals surface area contributed by atoms with E-state index in [0.717, 1.165) is 19.5 Å². The molecule has 1 aromatic heterocycles. The zero-order valence-electron chi connectivity index (χ0n) is 15.9. The van der Waals surface area contributed by atoms with Gasteiger partial charge in [-0.25, -0.2) is 14.8 Å². The van der Waals surface area contributed by atoms with Gasteiger partial charge in [0.15, 0.2) is 0 Å². The molecule has 0 radical (unpaired) electrons. The minimum Gasteiger partial charge on any atom is -0.462 e. The Morgan fingerprint density at radius 3 is 2.33 bits per heavy atom. The van der Waals surface area contributed by atoms with Crippen LogP contribution in [0.3, 0.4) is 0 Å². The van der Waals surface area contributed by atoms with Crippen molar-refractivity contribution in [3.05, 3.63) is 47.8 Å². The number of esters is 1. The zero-order chi connectivity index (χ0) is 19.6. The van der Waals surface area contributed by atoms with Gasteiger partial charge in [-0.2, -0.15) is 0 Å². The second kappa shape index (κ2) is 10.2. The highest BCUT2D eigenvalue weighted by Gasteiger charge is 2.10. The lowest BCUT2D eigenvalue weighted by Gasteiger charge is -2.10. The number of carbonyl (C=O) groups excluding carboxylic acids is 2. The molecule has 0 saturated heterocycles. The van der Waals surface area contributed by atoms with Crippen molar-refractivity contribution in [2.45, 2.75) is 13.3 Å². The van der Waals surface area contributed by atoms with E-state index < -0.39 is 5.97 Å². The molecule has 0 unspecified atom stereocenters.